The lowest BCUT2D eigenvalue weighted by molar-refractivity contribution is -0.152. The number of amides is 18. The molecular weight excluding hydrogens is 1540 g/mol. The molecule has 1 fully saturated rings. The third-order valence-electron chi connectivity index (χ3n) is 19.0. The van der Waals surface area contributed by atoms with E-state index in [0.717, 1.165) is 0 Å². The number of primary amides is 4. The van der Waals surface area contributed by atoms with Gasteiger partial charge in [-0.3, -0.25) is 91.1 Å². The van der Waals surface area contributed by atoms with Crippen LogP contribution in [0.2, 0.25) is 0 Å². The van der Waals surface area contributed by atoms with Crippen molar-refractivity contribution in [3.63, 3.8) is 0 Å². The van der Waals surface area contributed by atoms with Gasteiger partial charge in [-0.2, -0.15) is 0 Å². The second-order valence-electron chi connectivity index (χ2n) is 33.0. The standard InChI is InChI=1S/C78H134N18O22/c1-18-20-60(101)83-50(31-37(3)4)70(109)88-49(25-30-61(102)103)65(104)84-47(23-28-58(81)99)68(107)94-62(42(13)14)76(115)91-54(35-41(11)12)73(112)86-46(22-27-57(80)98)67(106)93-55-36-118-78(117)64(44(17)19-2)96-69(108)48(24-29-59(82)100)87-71(110)51(32-38(5)6)90-74(113)52(33-39(7)8)89-66(105)45(21-26-56(79)97)85-72(111)53(34-40(9)10)92-77(116)63(43(15)16)95-75(55)114/h37-55,62-64H,18-36H2,1-17H3,(H2,79,97)(H2,80,98)(H2,81,99)(H2,82,100)(H,83,101)(H,84,104)(H,85,111)(H,86,112)(H,87,110)(H,88,109)(H,89,105)(H,90,113)(H,91,115)(H,92,116)(H,93,106)(H,94,107)(H,95,114)(H,96,108)(H,102,103)/t44-,45+,46-,47+,48+,49+,50-,51-,52-,53+,54+,55+,62+,63+,64-/m0/s1. The van der Waals surface area contributed by atoms with Gasteiger partial charge in [-0.05, 0) is 118 Å². The first-order valence-electron chi connectivity index (χ1n) is 40.7. The maximum absolute atomic E-state index is 15.1. The van der Waals surface area contributed by atoms with Crippen LogP contribution < -0.4 is 97.4 Å². The predicted octanol–water partition coefficient (Wildman–Crippen LogP) is -2.35. The van der Waals surface area contributed by atoms with Gasteiger partial charge in [0.25, 0.3) is 0 Å². The molecule has 15 atom stereocenters. The van der Waals surface area contributed by atoms with Crippen LogP contribution >= 0.6 is 0 Å². The number of ether oxygens (including phenoxy) is 1. The number of esters is 1. The predicted molar refractivity (Wildman–Crippen MR) is 430 cm³/mol. The molecule has 1 rings (SSSR count). The van der Waals surface area contributed by atoms with Gasteiger partial charge in [-0.1, -0.05) is 124 Å². The largest absolute Gasteiger partial charge is 0.481 e. The lowest BCUT2D eigenvalue weighted by atomic mass is 9.97. The maximum Gasteiger partial charge on any atom is 0.329 e. The van der Waals surface area contributed by atoms with E-state index in [1.807, 2.05) is 0 Å². The van der Waals surface area contributed by atoms with E-state index >= 15 is 9.59 Å². The molecule has 118 heavy (non-hydrogen) atoms. The van der Waals surface area contributed by atoms with Crippen molar-refractivity contribution in [2.24, 2.45) is 70.3 Å². The van der Waals surface area contributed by atoms with Crippen molar-refractivity contribution >= 4 is 118 Å². The molecule has 0 unspecified atom stereocenters. The average molecular weight is 1680 g/mol. The number of carboxylic acids is 1. The molecule has 18 amide bonds. The van der Waals surface area contributed by atoms with Gasteiger partial charge in [0, 0.05) is 38.5 Å². The molecule has 0 aromatic heterocycles. The number of aliphatic carboxylic acids is 1. The second kappa shape index (κ2) is 53.0. The number of hydrogen-bond acceptors (Lipinski definition) is 21. The summed E-state index contributed by atoms with van der Waals surface area (Å²) in [5.41, 5.74) is 22.1. The van der Waals surface area contributed by atoms with Gasteiger partial charge in [0.2, 0.25) is 106 Å². The monoisotopic (exact) mass is 1670 g/mol. The Hall–Kier alpha value is -10.6. The molecule has 1 aliphatic heterocycles. The Morgan fingerprint density at radius 2 is 0.737 bits per heavy atom. The SMILES string of the molecule is CCCC(=O)N[C@@H](CC(C)C)C(=O)N[C@H](CCC(=O)O)C(=O)N[C@H](CCC(N)=O)C(=O)N[C@@H](C(=O)N[C@H](CC(C)C)C(=O)N[C@@H](CCC(N)=O)C(=O)N[C@@H]1COC(=O)[C@H]([C@@H](C)CC)NC(=O)[C@@H](CCC(N)=O)NC(=O)[C@H](CC(C)C)NC(=O)[C@H](CC(C)C)NC(=O)[C@@H](CCC(N)=O)NC(=O)[C@@H](CC(C)C)NC(=O)[C@@H](C(C)C)NC1=O)C(C)C. The third kappa shape index (κ3) is 40.5. The van der Waals surface area contributed by atoms with Crippen molar-refractivity contribution in [3.05, 3.63) is 0 Å². The molecule has 23 N–H and O–H groups in total. The highest BCUT2D eigenvalue weighted by Crippen LogP contribution is 2.19. The van der Waals surface area contributed by atoms with E-state index < -0.39 is 297 Å². The van der Waals surface area contributed by atoms with Crippen LogP contribution in [0.15, 0.2) is 0 Å². The molecule has 0 bridgehead atoms. The smallest absolute Gasteiger partial charge is 0.329 e. The summed E-state index contributed by atoms with van der Waals surface area (Å²) in [4.78, 5) is 278. The Kier molecular flexibility index (Phi) is 47.3. The lowest BCUT2D eigenvalue weighted by Crippen LogP contribution is -2.62. The fraction of sp³-hybridized carbons (Fsp3) is 0.744. The van der Waals surface area contributed by atoms with Gasteiger partial charge >= 0.3 is 11.9 Å². The molecule has 0 spiro atoms. The Morgan fingerprint density at radius 3 is 1.11 bits per heavy atom. The van der Waals surface area contributed by atoms with Crippen LogP contribution in [0, 0.1) is 47.3 Å². The van der Waals surface area contributed by atoms with Crippen LogP contribution in [0.5, 0.6) is 0 Å². The van der Waals surface area contributed by atoms with Crippen molar-refractivity contribution in [3.8, 4) is 0 Å². The van der Waals surface area contributed by atoms with Gasteiger partial charge in [-0.15, -0.1) is 0 Å². The van der Waals surface area contributed by atoms with E-state index in [1.165, 1.54) is 34.6 Å². The minimum atomic E-state index is -2.10. The highest BCUT2D eigenvalue weighted by Gasteiger charge is 2.41. The average Bonchev–Trinajstić information content (AvgIpc) is 1.00. The summed E-state index contributed by atoms with van der Waals surface area (Å²) >= 11 is 0. The number of carboxylic acid groups (broad SMARTS) is 1. The van der Waals surface area contributed by atoms with Crippen molar-refractivity contribution in [2.45, 2.75) is 318 Å². The molecule has 40 nitrogen and oxygen atoms in total. The summed E-state index contributed by atoms with van der Waals surface area (Å²) in [6.45, 7) is 26.9. The number of carbonyl (C=O) groups excluding carboxylic acids is 19. The Bertz CT molecular complexity index is 3480. The quantitative estimate of drug-likeness (QED) is 0.0284. The first-order valence-corrected chi connectivity index (χ1v) is 40.7. The summed E-state index contributed by atoms with van der Waals surface area (Å²) in [5, 5.41) is 45.3. The minimum absolute atomic E-state index is 0.0445. The van der Waals surface area contributed by atoms with E-state index in [4.69, 9.17) is 27.7 Å². The summed E-state index contributed by atoms with van der Waals surface area (Å²) in [6.07, 6.45) is -4.99. The van der Waals surface area contributed by atoms with Crippen molar-refractivity contribution in [2.75, 3.05) is 6.61 Å². The molecule has 0 aromatic rings. The van der Waals surface area contributed by atoms with Crippen LogP contribution in [-0.2, 0) is 101 Å². The Morgan fingerprint density at radius 1 is 0.390 bits per heavy atom. The molecule has 0 radical (unpaired) electrons. The van der Waals surface area contributed by atoms with Crippen LogP contribution in [0.4, 0.5) is 0 Å². The van der Waals surface area contributed by atoms with Gasteiger partial charge < -0.3 is 107 Å². The molecule has 0 saturated carbocycles. The number of nitrogens with one attached hydrogen (secondary N) is 14. The van der Waals surface area contributed by atoms with E-state index in [-0.39, 0.29) is 68.6 Å². The van der Waals surface area contributed by atoms with E-state index in [1.54, 1.807) is 83.1 Å². The Balaban J connectivity index is 4.29. The topological polar surface area (TPSA) is 643 Å². The maximum atomic E-state index is 15.1. The van der Waals surface area contributed by atoms with Gasteiger partial charge in [0.15, 0.2) is 0 Å². The third-order valence-corrected chi connectivity index (χ3v) is 19.0. The number of rotatable bonds is 44. The molecule has 1 heterocycles. The molecule has 0 aliphatic carbocycles. The van der Waals surface area contributed by atoms with Crippen LogP contribution in [-0.4, -0.2) is 215 Å². The lowest BCUT2D eigenvalue weighted by Gasteiger charge is -2.30. The highest BCUT2D eigenvalue weighted by molar-refractivity contribution is 6.01. The van der Waals surface area contributed by atoms with Crippen LogP contribution in [0.3, 0.4) is 0 Å². The minimum Gasteiger partial charge on any atom is -0.481 e. The first-order chi connectivity index (χ1) is 54.9. The zero-order valence-electron chi connectivity index (χ0n) is 71.5. The zero-order valence-corrected chi connectivity index (χ0v) is 71.5. The van der Waals surface area contributed by atoms with Crippen molar-refractivity contribution in [1.82, 2.24) is 74.4 Å². The van der Waals surface area contributed by atoms with E-state index in [0.29, 0.717) is 6.42 Å². The van der Waals surface area contributed by atoms with Gasteiger partial charge in [0.05, 0.1) is 0 Å². The van der Waals surface area contributed by atoms with Gasteiger partial charge in [0.1, 0.15) is 91.2 Å². The van der Waals surface area contributed by atoms with Crippen LogP contribution in [0.1, 0.15) is 233 Å². The molecular formula is C78H134N18O22. The summed E-state index contributed by atoms with van der Waals surface area (Å²) in [5.74, 6) is -24.6. The Labute approximate surface area is 690 Å². The zero-order chi connectivity index (χ0) is 90.3. The summed E-state index contributed by atoms with van der Waals surface area (Å²) < 4.78 is 5.78. The fourth-order valence-corrected chi connectivity index (χ4v) is 12.4. The second-order valence-corrected chi connectivity index (χ2v) is 33.0. The molecule has 668 valence electrons. The summed E-state index contributed by atoms with van der Waals surface area (Å²) in [6, 6.07) is -22.6. The van der Waals surface area contributed by atoms with Crippen molar-refractivity contribution in [1.29, 1.82) is 0 Å². The number of cyclic esters (lactones) is 1. The number of hydrogen-bond donors (Lipinski definition) is 19. The van der Waals surface area contributed by atoms with Crippen LogP contribution in [0.25, 0.3) is 0 Å². The molecule has 1 aliphatic rings. The van der Waals surface area contributed by atoms with E-state index in [9.17, 15) is 91.4 Å². The first kappa shape index (κ1) is 105. The van der Waals surface area contributed by atoms with E-state index in [2.05, 4.69) is 74.4 Å². The van der Waals surface area contributed by atoms with Gasteiger partial charge in [-0.25, -0.2) is 4.79 Å². The normalized spacial score (nSPS) is 20.8. The number of carbonyl (C=O) groups is 20. The molecule has 0 aromatic carbocycles. The van der Waals surface area contributed by atoms with Crippen molar-refractivity contribution < 1.29 is 106 Å². The highest BCUT2D eigenvalue weighted by atomic mass is 16.5. The number of nitrogens with two attached hydrogens (primary N) is 4. The molecule has 40 heteroatoms. The molecule has 1 saturated heterocycles. The summed E-state index contributed by atoms with van der Waals surface area (Å²) in [7, 11) is 0. The fourth-order valence-electron chi connectivity index (χ4n) is 12.4.